The van der Waals surface area contributed by atoms with Crippen molar-refractivity contribution in [3.05, 3.63) is 58.5 Å². The second kappa shape index (κ2) is 4.76. The third-order valence-corrected chi connectivity index (χ3v) is 3.42. The summed E-state index contributed by atoms with van der Waals surface area (Å²) in [7, 11) is 0. The maximum atomic E-state index is 6.35. The van der Waals surface area contributed by atoms with Crippen molar-refractivity contribution in [1.82, 2.24) is 0 Å². The molecule has 1 unspecified atom stereocenters. The molecule has 2 nitrogen and oxygen atoms in total. The first-order chi connectivity index (χ1) is 8.15. The number of hydrogen-bond donors (Lipinski definition) is 1. The predicted octanol–water partition coefficient (Wildman–Crippen LogP) is 3.51. The van der Waals surface area contributed by atoms with E-state index in [9.17, 15) is 0 Å². The van der Waals surface area contributed by atoms with Crippen molar-refractivity contribution in [2.24, 2.45) is 5.73 Å². The highest BCUT2D eigenvalue weighted by atomic mass is 16.3. The van der Waals surface area contributed by atoms with Crippen molar-refractivity contribution in [1.29, 1.82) is 0 Å². The molecule has 0 spiro atoms. The average Bonchev–Trinajstić information content (AvgIpc) is 2.80. The number of rotatable bonds is 3. The summed E-state index contributed by atoms with van der Waals surface area (Å²) in [4.78, 5) is 0. The molecule has 1 aromatic heterocycles. The van der Waals surface area contributed by atoms with Gasteiger partial charge in [0.15, 0.2) is 0 Å². The van der Waals surface area contributed by atoms with Crippen LogP contribution in [0.1, 0.15) is 41.0 Å². The molecule has 0 saturated heterocycles. The Bertz CT molecular complexity index is 513. The Kier molecular flexibility index (Phi) is 3.34. The second-order valence-electron chi connectivity index (χ2n) is 4.42. The van der Waals surface area contributed by atoms with E-state index in [1.54, 1.807) is 6.26 Å². The molecule has 0 aliphatic carbocycles. The number of nitrogens with two attached hydrogens (primary N) is 1. The van der Waals surface area contributed by atoms with E-state index in [4.69, 9.17) is 10.2 Å². The fourth-order valence-corrected chi connectivity index (χ4v) is 2.19. The van der Waals surface area contributed by atoms with Gasteiger partial charge in [-0.2, -0.15) is 0 Å². The van der Waals surface area contributed by atoms with Crippen molar-refractivity contribution in [2.45, 2.75) is 33.2 Å². The van der Waals surface area contributed by atoms with Gasteiger partial charge in [0, 0.05) is 12.0 Å². The highest BCUT2D eigenvalue weighted by Crippen LogP contribution is 2.27. The molecule has 1 atom stereocenters. The molecular weight excluding hydrogens is 210 g/mol. The molecular formula is C15H19NO. The van der Waals surface area contributed by atoms with E-state index in [-0.39, 0.29) is 6.04 Å². The Morgan fingerprint density at radius 2 is 1.94 bits per heavy atom. The molecule has 2 heteroatoms. The van der Waals surface area contributed by atoms with Gasteiger partial charge in [0.2, 0.25) is 0 Å². The second-order valence-corrected chi connectivity index (χ2v) is 4.42. The number of benzene rings is 1. The van der Waals surface area contributed by atoms with E-state index in [2.05, 4.69) is 39.0 Å². The van der Waals surface area contributed by atoms with Crippen molar-refractivity contribution < 1.29 is 4.42 Å². The van der Waals surface area contributed by atoms with Gasteiger partial charge in [-0.05, 0) is 36.6 Å². The van der Waals surface area contributed by atoms with E-state index in [0.29, 0.717) is 0 Å². The van der Waals surface area contributed by atoms with Crippen LogP contribution in [0, 0.1) is 13.8 Å². The van der Waals surface area contributed by atoms with E-state index in [1.165, 1.54) is 16.7 Å². The quantitative estimate of drug-likeness (QED) is 0.874. The largest absolute Gasteiger partial charge is 0.469 e. The summed E-state index contributed by atoms with van der Waals surface area (Å²) in [6, 6.07) is 8.15. The molecule has 0 saturated carbocycles. The maximum absolute atomic E-state index is 6.35. The molecule has 0 aliphatic rings. The first-order valence-corrected chi connectivity index (χ1v) is 6.03. The molecule has 2 aromatic rings. The lowest BCUT2D eigenvalue weighted by Crippen LogP contribution is -2.14. The molecule has 1 aromatic carbocycles. The Morgan fingerprint density at radius 3 is 2.65 bits per heavy atom. The van der Waals surface area contributed by atoms with Gasteiger partial charge >= 0.3 is 0 Å². The highest BCUT2D eigenvalue weighted by Gasteiger charge is 2.16. The zero-order valence-corrected chi connectivity index (χ0v) is 10.7. The van der Waals surface area contributed by atoms with E-state index in [0.717, 1.165) is 17.7 Å². The standard InChI is InChI=1S/C15H19NO/c1-4-14-13(8-9-17-14)15(16)12-7-5-6-10(2)11(12)3/h5-9,15H,4,16H2,1-3H3. The maximum Gasteiger partial charge on any atom is 0.108 e. The molecule has 0 aliphatic heterocycles. The first kappa shape index (κ1) is 11.9. The summed E-state index contributed by atoms with van der Waals surface area (Å²) in [6.45, 7) is 6.32. The summed E-state index contributed by atoms with van der Waals surface area (Å²) >= 11 is 0. The van der Waals surface area contributed by atoms with E-state index >= 15 is 0 Å². The first-order valence-electron chi connectivity index (χ1n) is 6.03. The predicted molar refractivity (Wildman–Crippen MR) is 70.0 cm³/mol. The topological polar surface area (TPSA) is 39.2 Å². The summed E-state index contributed by atoms with van der Waals surface area (Å²) in [5, 5.41) is 0. The summed E-state index contributed by atoms with van der Waals surface area (Å²) < 4.78 is 5.45. The minimum Gasteiger partial charge on any atom is -0.469 e. The Morgan fingerprint density at radius 1 is 1.18 bits per heavy atom. The van der Waals surface area contributed by atoms with Crippen LogP contribution in [0.5, 0.6) is 0 Å². The van der Waals surface area contributed by atoms with Crippen molar-refractivity contribution in [3.8, 4) is 0 Å². The van der Waals surface area contributed by atoms with Gasteiger partial charge < -0.3 is 10.2 Å². The van der Waals surface area contributed by atoms with Crippen LogP contribution in [0.15, 0.2) is 34.9 Å². The van der Waals surface area contributed by atoms with Gasteiger partial charge in [0.1, 0.15) is 5.76 Å². The Hall–Kier alpha value is -1.54. The minimum absolute atomic E-state index is 0.0939. The summed E-state index contributed by atoms with van der Waals surface area (Å²) in [5.41, 5.74) is 11.2. The fourth-order valence-electron chi connectivity index (χ4n) is 2.19. The molecule has 1 heterocycles. The molecule has 90 valence electrons. The third-order valence-electron chi connectivity index (χ3n) is 3.42. The van der Waals surface area contributed by atoms with Crippen LogP contribution < -0.4 is 5.73 Å². The SMILES string of the molecule is CCc1occc1C(N)c1cccc(C)c1C. The third kappa shape index (κ3) is 2.13. The number of aryl methyl sites for hydroxylation is 2. The number of hydrogen-bond acceptors (Lipinski definition) is 2. The van der Waals surface area contributed by atoms with E-state index in [1.807, 2.05) is 6.07 Å². The van der Waals surface area contributed by atoms with Crippen LogP contribution in [0.2, 0.25) is 0 Å². The molecule has 2 rings (SSSR count). The van der Waals surface area contributed by atoms with Gasteiger partial charge in [-0.3, -0.25) is 0 Å². The molecule has 0 radical (unpaired) electrons. The van der Waals surface area contributed by atoms with Crippen LogP contribution in [-0.4, -0.2) is 0 Å². The van der Waals surface area contributed by atoms with Crippen molar-refractivity contribution >= 4 is 0 Å². The van der Waals surface area contributed by atoms with Gasteiger partial charge in [-0.25, -0.2) is 0 Å². The lowest BCUT2D eigenvalue weighted by atomic mass is 9.93. The normalized spacial score (nSPS) is 12.7. The van der Waals surface area contributed by atoms with E-state index < -0.39 is 0 Å². The highest BCUT2D eigenvalue weighted by molar-refractivity contribution is 5.41. The molecule has 0 amide bonds. The number of furan rings is 1. The Labute approximate surface area is 102 Å². The smallest absolute Gasteiger partial charge is 0.108 e. The lowest BCUT2D eigenvalue weighted by molar-refractivity contribution is 0.509. The molecule has 0 fully saturated rings. The minimum atomic E-state index is -0.0939. The molecule has 0 bridgehead atoms. The van der Waals surface area contributed by atoms with Crippen molar-refractivity contribution in [3.63, 3.8) is 0 Å². The summed E-state index contributed by atoms with van der Waals surface area (Å²) in [5.74, 6) is 0.985. The van der Waals surface area contributed by atoms with Crippen molar-refractivity contribution in [2.75, 3.05) is 0 Å². The average molecular weight is 229 g/mol. The van der Waals surface area contributed by atoms with Crippen LogP contribution in [0.3, 0.4) is 0 Å². The van der Waals surface area contributed by atoms with Crippen LogP contribution in [0.25, 0.3) is 0 Å². The van der Waals surface area contributed by atoms with Crippen LogP contribution >= 0.6 is 0 Å². The fraction of sp³-hybridized carbons (Fsp3) is 0.333. The van der Waals surface area contributed by atoms with Crippen LogP contribution in [0.4, 0.5) is 0 Å². The van der Waals surface area contributed by atoms with Gasteiger partial charge in [-0.1, -0.05) is 25.1 Å². The zero-order valence-electron chi connectivity index (χ0n) is 10.7. The van der Waals surface area contributed by atoms with Gasteiger partial charge in [0.05, 0.1) is 12.3 Å². The molecule has 2 N–H and O–H groups in total. The monoisotopic (exact) mass is 229 g/mol. The lowest BCUT2D eigenvalue weighted by Gasteiger charge is -2.16. The van der Waals surface area contributed by atoms with Crippen LogP contribution in [-0.2, 0) is 6.42 Å². The van der Waals surface area contributed by atoms with Gasteiger partial charge in [0.25, 0.3) is 0 Å². The zero-order chi connectivity index (χ0) is 12.4. The van der Waals surface area contributed by atoms with Gasteiger partial charge in [-0.15, -0.1) is 0 Å². The summed E-state index contributed by atoms with van der Waals surface area (Å²) in [6.07, 6.45) is 2.60. The molecule has 17 heavy (non-hydrogen) atoms. The Balaban J connectivity index is 2.44.